The van der Waals surface area contributed by atoms with Gasteiger partial charge in [0.2, 0.25) is 0 Å². The number of aliphatic hydroxyl groups is 2. The average Bonchev–Trinajstić information content (AvgIpc) is 2.85. The van der Waals surface area contributed by atoms with E-state index in [-0.39, 0.29) is 0 Å². The minimum atomic E-state index is -1.58. The summed E-state index contributed by atoms with van der Waals surface area (Å²) >= 11 is 0. The summed E-state index contributed by atoms with van der Waals surface area (Å²) in [5, 5.41) is 20.6. The van der Waals surface area contributed by atoms with Crippen LogP contribution in [0.4, 0.5) is 0 Å². The molecule has 1 aliphatic carbocycles. The largest absolute Gasteiger partial charge is 0.388 e. The van der Waals surface area contributed by atoms with Crippen molar-refractivity contribution in [3.05, 3.63) is 63.5 Å². The van der Waals surface area contributed by atoms with Gasteiger partial charge in [-0.05, 0) is 18.2 Å². The molecule has 3 heterocycles. The molecule has 4 atom stereocenters. The van der Waals surface area contributed by atoms with Crippen molar-refractivity contribution in [2.45, 2.75) is 23.8 Å². The van der Waals surface area contributed by atoms with Gasteiger partial charge in [-0.15, -0.1) is 6.42 Å². The van der Waals surface area contributed by atoms with Crippen molar-refractivity contribution in [2.75, 3.05) is 0 Å². The zero-order valence-corrected chi connectivity index (χ0v) is 11.9. The zero-order valence-electron chi connectivity index (χ0n) is 11.9. The Kier molecular flexibility index (Phi) is 2.61. The Morgan fingerprint density at radius 1 is 1.13 bits per heavy atom. The van der Waals surface area contributed by atoms with Crippen molar-refractivity contribution in [1.82, 2.24) is 13.9 Å². The Hall–Kier alpha value is -2.82. The molecule has 0 amide bonds. The van der Waals surface area contributed by atoms with Crippen LogP contribution in [0.1, 0.15) is 6.04 Å². The number of nitrogens with zero attached hydrogens (tertiary/aromatic N) is 3. The lowest BCUT2D eigenvalue weighted by atomic mass is 9.79. The van der Waals surface area contributed by atoms with Gasteiger partial charge in [0.1, 0.15) is 18.2 Å². The minimum Gasteiger partial charge on any atom is -0.388 e. The summed E-state index contributed by atoms with van der Waals surface area (Å²) in [6, 6.07) is 7.58. The lowest BCUT2D eigenvalue weighted by molar-refractivity contribution is -0.0867. The summed E-state index contributed by atoms with van der Waals surface area (Å²) in [5.74, 6) is 2.37. The molecule has 2 aromatic rings. The number of para-hydroxylation sites is 1. The van der Waals surface area contributed by atoms with Gasteiger partial charge in [-0.1, -0.05) is 30.2 Å². The van der Waals surface area contributed by atoms with Gasteiger partial charge in [0.25, 0.3) is 0 Å². The van der Waals surface area contributed by atoms with Gasteiger partial charge in [-0.3, -0.25) is 0 Å². The topological polar surface area (TPSA) is 89.4 Å². The second kappa shape index (κ2) is 4.35. The molecule has 116 valence electrons. The fourth-order valence-electron chi connectivity index (χ4n) is 3.37. The maximum atomic E-state index is 12.8. The maximum absolute atomic E-state index is 12.8. The first kappa shape index (κ1) is 13.8. The van der Waals surface area contributed by atoms with Crippen molar-refractivity contribution in [3.8, 4) is 18.0 Å². The van der Waals surface area contributed by atoms with Gasteiger partial charge in [-0.2, -0.15) is 0 Å². The minimum absolute atomic E-state index is 0.396. The molecular formula is C16H13N3O4. The van der Waals surface area contributed by atoms with E-state index in [4.69, 9.17) is 6.42 Å². The molecule has 0 radical (unpaired) electrons. The molecule has 7 heteroatoms. The van der Waals surface area contributed by atoms with Crippen molar-refractivity contribution < 1.29 is 10.2 Å². The van der Waals surface area contributed by atoms with Gasteiger partial charge in [0.05, 0.1) is 5.69 Å². The van der Waals surface area contributed by atoms with Crippen LogP contribution >= 0.6 is 0 Å². The van der Waals surface area contributed by atoms with E-state index in [0.717, 1.165) is 13.9 Å². The van der Waals surface area contributed by atoms with Crippen LogP contribution in [0.2, 0.25) is 0 Å². The van der Waals surface area contributed by atoms with Gasteiger partial charge in [0.15, 0.2) is 5.54 Å². The fraction of sp³-hybridized carbons (Fsp3) is 0.250. The number of hydrogen-bond acceptors (Lipinski definition) is 4. The van der Waals surface area contributed by atoms with Gasteiger partial charge >= 0.3 is 11.4 Å². The molecule has 0 fully saturated rings. The Bertz CT molecular complexity index is 975. The van der Waals surface area contributed by atoms with Crippen LogP contribution in [0.25, 0.3) is 5.69 Å². The van der Waals surface area contributed by atoms with E-state index < -0.39 is 35.2 Å². The molecule has 2 aliphatic heterocycles. The third-order valence-electron chi connectivity index (χ3n) is 4.53. The Labute approximate surface area is 130 Å². The molecule has 0 saturated carbocycles. The monoisotopic (exact) mass is 311 g/mol. The van der Waals surface area contributed by atoms with Crippen molar-refractivity contribution in [2.24, 2.45) is 0 Å². The second-order valence-electron chi connectivity index (χ2n) is 5.65. The number of fused-ring (bicyclic) bond motifs is 1. The fourth-order valence-corrected chi connectivity index (χ4v) is 3.37. The number of aromatic nitrogens is 3. The van der Waals surface area contributed by atoms with Crippen molar-refractivity contribution in [1.29, 1.82) is 0 Å². The van der Waals surface area contributed by atoms with Gasteiger partial charge in [-0.25, -0.2) is 23.5 Å². The number of aliphatic hydroxyl groups excluding tert-OH is 2. The summed E-state index contributed by atoms with van der Waals surface area (Å²) in [5.41, 5.74) is -2.45. The van der Waals surface area contributed by atoms with Crippen LogP contribution in [0.5, 0.6) is 0 Å². The number of rotatable bonds is 1. The summed E-state index contributed by atoms with van der Waals surface area (Å²) in [6.07, 6.45) is 5.96. The number of benzene rings is 1. The zero-order chi connectivity index (χ0) is 16.4. The molecule has 7 nitrogen and oxygen atoms in total. The van der Waals surface area contributed by atoms with Crippen LogP contribution in [0.15, 0.2) is 52.1 Å². The molecule has 23 heavy (non-hydrogen) atoms. The number of hydrogen-bond donors (Lipinski definition) is 2. The second-order valence-corrected chi connectivity index (χ2v) is 5.65. The molecule has 2 bridgehead atoms. The highest BCUT2D eigenvalue weighted by Gasteiger charge is 2.54. The lowest BCUT2D eigenvalue weighted by Gasteiger charge is -2.46. The standard InChI is InChI=1S/C16H13N3O4/c1-2-16-9-8-11(12(20)13(16)21)18-14(22)17(15(23)19(16)18)10-6-4-3-5-7-10/h1,3-9,11-13,20-21H/t11-,12-,13-,16+/m0/s1. The lowest BCUT2D eigenvalue weighted by Crippen LogP contribution is -2.64. The first-order valence-corrected chi connectivity index (χ1v) is 7.08. The Balaban J connectivity index is 2.12. The molecule has 2 N–H and O–H groups in total. The smallest absolute Gasteiger partial charge is 0.353 e. The SMILES string of the molecule is C#C[C@@]12C=C[C@@H]([C@H](O)[C@@H]1O)n1c(=O)n(-c3ccccc3)c(=O)n12. The van der Waals surface area contributed by atoms with Crippen molar-refractivity contribution in [3.63, 3.8) is 0 Å². The van der Waals surface area contributed by atoms with E-state index in [9.17, 15) is 19.8 Å². The van der Waals surface area contributed by atoms with E-state index in [1.807, 2.05) is 0 Å². The van der Waals surface area contributed by atoms with Gasteiger partial charge < -0.3 is 10.2 Å². The van der Waals surface area contributed by atoms with E-state index >= 15 is 0 Å². The molecule has 1 aromatic heterocycles. The summed E-state index contributed by atoms with van der Waals surface area (Å²) in [7, 11) is 0. The third kappa shape index (κ3) is 1.46. The third-order valence-corrected chi connectivity index (χ3v) is 4.53. The van der Waals surface area contributed by atoms with Crippen LogP contribution < -0.4 is 11.4 Å². The van der Waals surface area contributed by atoms with Crippen LogP contribution in [0.3, 0.4) is 0 Å². The molecule has 3 aliphatic rings. The summed E-state index contributed by atoms with van der Waals surface area (Å²) < 4.78 is 3.16. The Morgan fingerprint density at radius 3 is 2.48 bits per heavy atom. The van der Waals surface area contributed by atoms with Crippen LogP contribution in [-0.2, 0) is 5.54 Å². The van der Waals surface area contributed by atoms with Crippen LogP contribution in [-0.4, -0.2) is 36.4 Å². The summed E-state index contributed by atoms with van der Waals surface area (Å²) in [6.45, 7) is 0. The van der Waals surface area contributed by atoms with E-state index in [1.54, 1.807) is 36.4 Å². The van der Waals surface area contributed by atoms with E-state index in [0.29, 0.717) is 5.69 Å². The predicted molar refractivity (Wildman–Crippen MR) is 81.3 cm³/mol. The number of terminal acetylenes is 1. The molecule has 0 saturated heterocycles. The predicted octanol–water partition coefficient (Wildman–Crippen LogP) is -1.02. The normalized spacial score (nSPS) is 30.9. The van der Waals surface area contributed by atoms with Gasteiger partial charge in [0, 0.05) is 0 Å². The quantitative estimate of drug-likeness (QED) is 0.521. The molecule has 0 spiro atoms. The molecular weight excluding hydrogens is 298 g/mol. The van der Waals surface area contributed by atoms with E-state index in [1.165, 1.54) is 6.08 Å². The first-order chi connectivity index (χ1) is 11.0. The highest BCUT2D eigenvalue weighted by Crippen LogP contribution is 2.38. The van der Waals surface area contributed by atoms with E-state index in [2.05, 4.69) is 5.92 Å². The van der Waals surface area contributed by atoms with Crippen molar-refractivity contribution >= 4 is 0 Å². The molecule has 5 rings (SSSR count). The Morgan fingerprint density at radius 2 is 1.83 bits per heavy atom. The average molecular weight is 311 g/mol. The highest BCUT2D eigenvalue weighted by molar-refractivity contribution is 5.36. The maximum Gasteiger partial charge on any atom is 0.353 e. The van der Waals surface area contributed by atoms with Crippen LogP contribution in [0, 0.1) is 12.3 Å². The highest BCUT2D eigenvalue weighted by atomic mass is 16.3. The molecule has 0 unspecified atom stereocenters. The molecule has 1 aromatic carbocycles. The first-order valence-electron chi connectivity index (χ1n) is 7.08. The summed E-state index contributed by atoms with van der Waals surface area (Å²) in [4.78, 5) is 25.6.